The van der Waals surface area contributed by atoms with E-state index in [-0.39, 0.29) is 11.5 Å². The lowest BCUT2D eigenvalue weighted by molar-refractivity contribution is -0.144. The number of rotatable bonds is 3. The van der Waals surface area contributed by atoms with Crippen LogP contribution in [0.3, 0.4) is 0 Å². The molecule has 2 atom stereocenters. The molecule has 3 heteroatoms. The monoisotopic (exact) mass is 213 g/mol. The first kappa shape index (κ1) is 12.5. The molecule has 0 bridgehead atoms. The highest BCUT2D eigenvalue weighted by Crippen LogP contribution is 2.30. The fourth-order valence-corrected chi connectivity index (χ4v) is 2.21. The van der Waals surface area contributed by atoms with Gasteiger partial charge in [0.15, 0.2) is 0 Å². The summed E-state index contributed by atoms with van der Waals surface area (Å²) in [5, 5.41) is 12.5. The second-order valence-electron chi connectivity index (χ2n) is 5.62. The van der Waals surface area contributed by atoms with E-state index in [1.54, 1.807) is 0 Å². The van der Waals surface area contributed by atoms with Gasteiger partial charge in [-0.05, 0) is 46.1 Å². The van der Waals surface area contributed by atoms with Crippen LogP contribution in [0.1, 0.15) is 46.5 Å². The summed E-state index contributed by atoms with van der Waals surface area (Å²) in [6.45, 7) is 7.18. The molecule has 0 spiro atoms. The highest BCUT2D eigenvalue weighted by atomic mass is 16.4. The lowest BCUT2D eigenvalue weighted by Gasteiger charge is -2.31. The van der Waals surface area contributed by atoms with Crippen molar-refractivity contribution in [3.63, 3.8) is 0 Å². The van der Waals surface area contributed by atoms with Crippen molar-refractivity contribution in [2.45, 2.75) is 52.0 Å². The highest BCUT2D eigenvalue weighted by molar-refractivity contribution is 5.70. The van der Waals surface area contributed by atoms with Gasteiger partial charge in [-0.15, -0.1) is 0 Å². The van der Waals surface area contributed by atoms with E-state index in [1.165, 1.54) is 6.42 Å². The summed E-state index contributed by atoms with van der Waals surface area (Å²) in [4.78, 5) is 11.1. The summed E-state index contributed by atoms with van der Waals surface area (Å²) in [6.07, 6.45) is 4.16. The minimum atomic E-state index is -0.615. The fraction of sp³-hybridized carbons (Fsp3) is 0.917. The van der Waals surface area contributed by atoms with Gasteiger partial charge in [0.25, 0.3) is 0 Å². The third kappa shape index (κ3) is 4.20. The molecule has 1 saturated carbocycles. The molecule has 2 N–H and O–H groups in total. The SMILES string of the molecule is CC(C)(C)NCC1CCCCC1C(=O)O. The van der Waals surface area contributed by atoms with E-state index in [0.717, 1.165) is 25.8 Å². The molecule has 1 rings (SSSR count). The molecular weight excluding hydrogens is 190 g/mol. The van der Waals surface area contributed by atoms with Crippen molar-refractivity contribution in [2.24, 2.45) is 11.8 Å². The first-order valence-corrected chi connectivity index (χ1v) is 5.88. The lowest BCUT2D eigenvalue weighted by atomic mass is 9.79. The van der Waals surface area contributed by atoms with E-state index in [0.29, 0.717) is 5.92 Å². The van der Waals surface area contributed by atoms with Gasteiger partial charge in [0.1, 0.15) is 0 Å². The Morgan fingerprint density at radius 1 is 1.33 bits per heavy atom. The molecule has 1 aliphatic rings. The standard InChI is InChI=1S/C12H23NO2/c1-12(2,3)13-8-9-6-4-5-7-10(9)11(14)15/h9-10,13H,4-8H2,1-3H3,(H,14,15). The van der Waals surface area contributed by atoms with E-state index in [9.17, 15) is 4.79 Å². The highest BCUT2D eigenvalue weighted by Gasteiger charge is 2.31. The number of nitrogens with one attached hydrogen (secondary N) is 1. The van der Waals surface area contributed by atoms with Crippen LogP contribution in [0.5, 0.6) is 0 Å². The maximum absolute atomic E-state index is 11.1. The van der Waals surface area contributed by atoms with Crippen LogP contribution in [0.25, 0.3) is 0 Å². The van der Waals surface area contributed by atoms with Crippen LogP contribution in [-0.4, -0.2) is 23.2 Å². The topological polar surface area (TPSA) is 49.3 Å². The molecule has 0 heterocycles. The normalized spacial score (nSPS) is 27.7. The average molecular weight is 213 g/mol. The van der Waals surface area contributed by atoms with Crippen molar-refractivity contribution >= 4 is 5.97 Å². The lowest BCUT2D eigenvalue weighted by Crippen LogP contribution is -2.42. The van der Waals surface area contributed by atoms with Crippen LogP contribution in [0.15, 0.2) is 0 Å². The number of hydrogen-bond donors (Lipinski definition) is 2. The second-order valence-corrected chi connectivity index (χ2v) is 5.62. The number of hydrogen-bond acceptors (Lipinski definition) is 2. The molecule has 0 aromatic heterocycles. The van der Waals surface area contributed by atoms with E-state index >= 15 is 0 Å². The Bertz CT molecular complexity index is 220. The Balaban J connectivity index is 2.46. The van der Waals surface area contributed by atoms with Crippen molar-refractivity contribution in [3.8, 4) is 0 Å². The molecule has 0 radical (unpaired) electrons. The fourth-order valence-electron chi connectivity index (χ4n) is 2.21. The third-order valence-corrected chi connectivity index (χ3v) is 3.12. The van der Waals surface area contributed by atoms with Gasteiger partial charge in [-0.1, -0.05) is 12.8 Å². The zero-order chi connectivity index (χ0) is 11.5. The van der Waals surface area contributed by atoms with E-state index in [2.05, 4.69) is 26.1 Å². The number of aliphatic carboxylic acids is 1. The first-order chi connectivity index (χ1) is 6.90. The molecule has 1 fully saturated rings. The summed E-state index contributed by atoms with van der Waals surface area (Å²) in [6, 6.07) is 0. The maximum atomic E-state index is 11.1. The van der Waals surface area contributed by atoms with Crippen molar-refractivity contribution in [3.05, 3.63) is 0 Å². The second kappa shape index (κ2) is 4.97. The van der Waals surface area contributed by atoms with Crippen molar-refractivity contribution in [2.75, 3.05) is 6.54 Å². The van der Waals surface area contributed by atoms with Gasteiger partial charge >= 0.3 is 5.97 Å². The molecule has 15 heavy (non-hydrogen) atoms. The predicted octanol–water partition coefficient (Wildman–Crippen LogP) is 2.27. The summed E-state index contributed by atoms with van der Waals surface area (Å²) < 4.78 is 0. The van der Waals surface area contributed by atoms with E-state index < -0.39 is 5.97 Å². The molecule has 3 nitrogen and oxygen atoms in total. The van der Waals surface area contributed by atoms with Crippen molar-refractivity contribution < 1.29 is 9.90 Å². The summed E-state index contributed by atoms with van der Waals surface area (Å²) >= 11 is 0. The van der Waals surface area contributed by atoms with E-state index in [4.69, 9.17) is 5.11 Å². The quantitative estimate of drug-likeness (QED) is 0.756. The smallest absolute Gasteiger partial charge is 0.306 e. The molecule has 2 unspecified atom stereocenters. The minimum Gasteiger partial charge on any atom is -0.481 e. The van der Waals surface area contributed by atoms with E-state index in [1.807, 2.05) is 0 Å². The van der Waals surface area contributed by atoms with Crippen molar-refractivity contribution in [1.82, 2.24) is 5.32 Å². The summed E-state index contributed by atoms with van der Waals surface area (Å²) in [5.41, 5.74) is 0.0838. The van der Waals surface area contributed by atoms with Crippen LogP contribution in [0, 0.1) is 11.8 Å². The molecule has 0 aromatic carbocycles. The van der Waals surface area contributed by atoms with Crippen molar-refractivity contribution in [1.29, 1.82) is 0 Å². The Labute approximate surface area is 92.3 Å². The van der Waals surface area contributed by atoms with Gasteiger partial charge in [-0.25, -0.2) is 0 Å². The molecule has 0 saturated heterocycles. The van der Waals surface area contributed by atoms with Gasteiger partial charge in [0, 0.05) is 5.54 Å². The maximum Gasteiger partial charge on any atom is 0.306 e. The summed E-state index contributed by atoms with van der Waals surface area (Å²) in [5.74, 6) is -0.431. The van der Waals surface area contributed by atoms with Crippen LogP contribution >= 0.6 is 0 Å². The Hall–Kier alpha value is -0.570. The minimum absolute atomic E-state index is 0.0838. The van der Waals surface area contributed by atoms with Crippen LogP contribution in [0.4, 0.5) is 0 Å². The first-order valence-electron chi connectivity index (χ1n) is 5.88. The third-order valence-electron chi connectivity index (χ3n) is 3.12. The summed E-state index contributed by atoms with van der Waals surface area (Å²) in [7, 11) is 0. The van der Waals surface area contributed by atoms with Gasteiger partial charge in [0.05, 0.1) is 5.92 Å². The number of carboxylic acids is 1. The molecule has 0 aliphatic heterocycles. The van der Waals surface area contributed by atoms with Gasteiger partial charge in [0.2, 0.25) is 0 Å². The van der Waals surface area contributed by atoms with Gasteiger partial charge in [-0.2, -0.15) is 0 Å². The molecular formula is C12H23NO2. The van der Waals surface area contributed by atoms with Crippen LogP contribution in [-0.2, 0) is 4.79 Å². The number of carboxylic acid groups (broad SMARTS) is 1. The molecule has 0 aromatic rings. The average Bonchev–Trinajstić information content (AvgIpc) is 2.14. The predicted molar refractivity (Wildman–Crippen MR) is 60.8 cm³/mol. The Kier molecular flexibility index (Phi) is 4.14. The van der Waals surface area contributed by atoms with Gasteiger partial charge in [-0.3, -0.25) is 4.79 Å². The Morgan fingerprint density at radius 2 is 1.93 bits per heavy atom. The van der Waals surface area contributed by atoms with Crippen LogP contribution in [0.2, 0.25) is 0 Å². The zero-order valence-electron chi connectivity index (χ0n) is 10.0. The molecule has 1 aliphatic carbocycles. The number of carbonyl (C=O) groups is 1. The molecule has 88 valence electrons. The zero-order valence-corrected chi connectivity index (χ0v) is 10.0. The van der Waals surface area contributed by atoms with Gasteiger partial charge < -0.3 is 10.4 Å². The molecule has 0 amide bonds. The largest absolute Gasteiger partial charge is 0.481 e. The van der Waals surface area contributed by atoms with Crippen LogP contribution < -0.4 is 5.32 Å². The Morgan fingerprint density at radius 3 is 2.47 bits per heavy atom.